The molecule has 126 valence electrons. The minimum Gasteiger partial charge on any atom is -0.394 e. The number of hydrogen-bond acceptors (Lipinski definition) is 3. The monoisotopic (exact) mass is 309 g/mol. The highest BCUT2D eigenvalue weighted by Crippen LogP contribution is 2.39. The third-order valence-electron chi connectivity index (χ3n) is 4.89. The molecule has 2 aliphatic rings. The van der Waals surface area contributed by atoms with Crippen LogP contribution in [0.4, 0.5) is 4.79 Å². The molecule has 5 heteroatoms. The summed E-state index contributed by atoms with van der Waals surface area (Å²) in [6.07, 6.45) is 6.43. The second-order valence-corrected chi connectivity index (χ2v) is 7.30. The number of hydrogen-bond donors (Lipinski definition) is 3. The highest BCUT2D eigenvalue weighted by Gasteiger charge is 2.42. The number of urea groups is 1. The lowest BCUT2D eigenvalue weighted by molar-refractivity contribution is 0.150. The number of allylic oxidation sites excluding steroid dienone is 1. The van der Waals surface area contributed by atoms with Crippen molar-refractivity contribution in [2.45, 2.75) is 58.0 Å². The Hall–Kier alpha value is -1.07. The van der Waals surface area contributed by atoms with E-state index in [2.05, 4.69) is 35.5 Å². The molecule has 2 rings (SSSR count). The summed E-state index contributed by atoms with van der Waals surface area (Å²) in [4.78, 5) is 14.6. The van der Waals surface area contributed by atoms with E-state index < -0.39 is 5.54 Å². The minimum atomic E-state index is -0.464. The molecular formula is C17H31N3O2. The van der Waals surface area contributed by atoms with Gasteiger partial charge in [0.2, 0.25) is 0 Å². The zero-order valence-electron chi connectivity index (χ0n) is 14.2. The van der Waals surface area contributed by atoms with Crippen LogP contribution in [-0.4, -0.2) is 53.9 Å². The predicted octanol–water partition coefficient (Wildman–Crippen LogP) is 1.88. The quantitative estimate of drug-likeness (QED) is 0.656. The second kappa shape index (κ2) is 7.47. The van der Waals surface area contributed by atoms with E-state index in [0.29, 0.717) is 5.92 Å². The first-order valence-electron chi connectivity index (χ1n) is 8.48. The molecule has 0 bridgehead atoms. The standard InChI is InChI=1S/C17H31N3O2/c1-13(2)6-9-20-10-7-15(8-11-20)18-16(22)19-17(3,12-21)14-4-5-14/h6,14-15,21H,4-5,7-12H2,1-3H3,(H2,18,19,22)/t17-/m1/s1. The zero-order valence-corrected chi connectivity index (χ0v) is 14.2. The van der Waals surface area contributed by atoms with Gasteiger partial charge in [-0.2, -0.15) is 0 Å². The molecule has 0 radical (unpaired) electrons. The molecule has 1 heterocycles. The van der Waals surface area contributed by atoms with Crippen molar-refractivity contribution in [1.29, 1.82) is 0 Å². The van der Waals surface area contributed by atoms with Gasteiger partial charge in [0.05, 0.1) is 12.1 Å². The lowest BCUT2D eigenvalue weighted by Gasteiger charge is -2.34. The Bertz CT molecular complexity index is 408. The molecule has 0 aromatic carbocycles. The van der Waals surface area contributed by atoms with Crippen LogP contribution in [0.2, 0.25) is 0 Å². The summed E-state index contributed by atoms with van der Waals surface area (Å²) in [7, 11) is 0. The molecule has 3 N–H and O–H groups in total. The summed E-state index contributed by atoms with van der Waals surface area (Å²) in [5, 5.41) is 15.6. The Morgan fingerprint density at radius 1 is 1.27 bits per heavy atom. The summed E-state index contributed by atoms with van der Waals surface area (Å²) >= 11 is 0. The van der Waals surface area contributed by atoms with Gasteiger partial charge >= 0.3 is 6.03 Å². The fourth-order valence-corrected chi connectivity index (χ4v) is 3.04. The minimum absolute atomic E-state index is 0.00619. The molecule has 22 heavy (non-hydrogen) atoms. The van der Waals surface area contributed by atoms with E-state index in [4.69, 9.17) is 0 Å². The number of aliphatic hydroxyl groups is 1. The number of nitrogens with zero attached hydrogens (tertiary/aromatic N) is 1. The van der Waals surface area contributed by atoms with E-state index in [9.17, 15) is 9.90 Å². The molecule has 1 aliphatic heterocycles. The van der Waals surface area contributed by atoms with Crippen LogP contribution in [0.25, 0.3) is 0 Å². The van der Waals surface area contributed by atoms with Crippen LogP contribution in [-0.2, 0) is 0 Å². The normalized spacial score (nSPS) is 22.7. The summed E-state index contributed by atoms with van der Waals surface area (Å²) in [5.41, 5.74) is 0.886. The van der Waals surface area contributed by atoms with Gasteiger partial charge in [0.1, 0.15) is 0 Å². The molecular weight excluding hydrogens is 278 g/mol. The molecule has 0 unspecified atom stereocenters. The average molecular weight is 309 g/mol. The number of amides is 2. The van der Waals surface area contributed by atoms with Gasteiger partial charge in [0, 0.05) is 25.7 Å². The fourth-order valence-electron chi connectivity index (χ4n) is 3.04. The Balaban J connectivity index is 1.71. The second-order valence-electron chi connectivity index (χ2n) is 7.30. The highest BCUT2D eigenvalue weighted by atomic mass is 16.3. The number of rotatable bonds is 6. The molecule has 0 aromatic rings. The SMILES string of the molecule is CC(C)=CCN1CCC(NC(=O)N[C@](C)(CO)C2CC2)CC1. The van der Waals surface area contributed by atoms with Crippen molar-refractivity contribution in [3.63, 3.8) is 0 Å². The number of piperidine rings is 1. The number of likely N-dealkylation sites (tertiary alicyclic amines) is 1. The van der Waals surface area contributed by atoms with Crippen molar-refractivity contribution >= 4 is 6.03 Å². The van der Waals surface area contributed by atoms with E-state index in [1.807, 2.05) is 6.92 Å². The van der Waals surface area contributed by atoms with Gasteiger partial charge in [-0.05, 0) is 52.4 Å². The van der Waals surface area contributed by atoms with Gasteiger partial charge in [0.25, 0.3) is 0 Å². The Morgan fingerprint density at radius 3 is 2.41 bits per heavy atom. The van der Waals surface area contributed by atoms with E-state index in [0.717, 1.165) is 45.3 Å². The van der Waals surface area contributed by atoms with Crippen molar-refractivity contribution in [2.75, 3.05) is 26.2 Å². The van der Waals surface area contributed by atoms with Crippen LogP contribution in [0.15, 0.2) is 11.6 Å². The van der Waals surface area contributed by atoms with E-state index in [1.54, 1.807) is 0 Å². The average Bonchev–Trinajstić information content (AvgIpc) is 3.31. The maximum absolute atomic E-state index is 12.2. The summed E-state index contributed by atoms with van der Waals surface area (Å²) in [5.74, 6) is 0.425. The Morgan fingerprint density at radius 2 is 1.91 bits per heavy atom. The van der Waals surface area contributed by atoms with Crippen molar-refractivity contribution in [1.82, 2.24) is 15.5 Å². The lowest BCUT2D eigenvalue weighted by Crippen LogP contribution is -2.56. The van der Waals surface area contributed by atoms with Crippen molar-refractivity contribution in [3.05, 3.63) is 11.6 Å². The van der Waals surface area contributed by atoms with Crippen LogP contribution >= 0.6 is 0 Å². The van der Waals surface area contributed by atoms with Crippen molar-refractivity contribution < 1.29 is 9.90 Å². The van der Waals surface area contributed by atoms with Gasteiger partial charge in [-0.1, -0.05) is 11.6 Å². The molecule has 1 aliphatic carbocycles. The molecule has 0 aromatic heterocycles. The Labute approximate surface area is 134 Å². The summed E-state index contributed by atoms with van der Waals surface area (Å²) in [6.45, 7) is 9.24. The third-order valence-corrected chi connectivity index (χ3v) is 4.89. The lowest BCUT2D eigenvalue weighted by atomic mass is 9.97. The van der Waals surface area contributed by atoms with Gasteiger partial charge in [0.15, 0.2) is 0 Å². The Kier molecular flexibility index (Phi) is 5.87. The number of carbonyl (C=O) groups excluding carboxylic acids is 1. The predicted molar refractivity (Wildman–Crippen MR) is 88.8 cm³/mol. The van der Waals surface area contributed by atoms with Crippen molar-refractivity contribution in [2.24, 2.45) is 5.92 Å². The smallest absolute Gasteiger partial charge is 0.315 e. The molecule has 1 saturated carbocycles. The van der Waals surface area contributed by atoms with Crippen LogP contribution in [0.5, 0.6) is 0 Å². The number of carbonyl (C=O) groups is 1. The van der Waals surface area contributed by atoms with Crippen LogP contribution in [0, 0.1) is 5.92 Å². The van der Waals surface area contributed by atoms with E-state index in [-0.39, 0.29) is 18.7 Å². The summed E-state index contributed by atoms with van der Waals surface area (Å²) < 4.78 is 0. The van der Waals surface area contributed by atoms with Crippen LogP contribution < -0.4 is 10.6 Å². The van der Waals surface area contributed by atoms with Crippen molar-refractivity contribution in [3.8, 4) is 0 Å². The van der Waals surface area contributed by atoms with E-state index in [1.165, 1.54) is 5.57 Å². The zero-order chi connectivity index (χ0) is 16.2. The molecule has 1 saturated heterocycles. The third kappa shape index (κ3) is 4.99. The van der Waals surface area contributed by atoms with Gasteiger partial charge in [-0.25, -0.2) is 4.79 Å². The molecule has 1 atom stereocenters. The summed E-state index contributed by atoms with van der Waals surface area (Å²) in [6, 6.07) is 0.108. The molecule has 2 amide bonds. The first-order valence-corrected chi connectivity index (χ1v) is 8.48. The largest absolute Gasteiger partial charge is 0.394 e. The van der Waals surface area contributed by atoms with Gasteiger partial charge in [-0.3, -0.25) is 4.90 Å². The maximum Gasteiger partial charge on any atom is 0.315 e. The fraction of sp³-hybridized carbons (Fsp3) is 0.824. The number of aliphatic hydroxyl groups excluding tert-OH is 1. The maximum atomic E-state index is 12.2. The molecule has 5 nitrogen and oxygen atoms in total. The topological polar surface area (TPSA) is 64.6 Å². The first-order chi connectivity index (χ1) is 10.4. The molecule has 2 fully saturated rings. The highest BCUT2D eigenvalue weighted by molar-refractivity contribution is 5.75. The number of nitrogens with one attached hydrogen (secondary N) is 2. The van der Waals surface area contributed by atoms with Crippen LogP contribution in [0.3, 0.4) is 0 Å². The van der Waals surface area contributed by atoms with Gasteiger partial charge < -0.3 is 15.7 Å². The van der Waals surface area contributed by atoms with E-state index >= 15 is 0 Å². The molecule has 0 spiro atoms. The van der Waals surface area contributed by atoms with Gasteiger partial charge in [-0.15, -0.1) is 0 Å². The first kappa shape index (κ1) is 17.3. The van der Waals surface area contributed by atoms with Crippen LogP contribution in [0.1, 0.15) is 46.5 Å².